The van der Waals surface area contributed by atoms with E-state index in [1.54, 1.807) is 24.3 Å². The van der Waals surface area contributed by atoms with Gasteiger partial charge in [0.25, 0.3) is 11.6 Å². The Morgan fingerprint density at radius 1 is 1.07 bits per heavy atom. The fourth-order valence-corrected chi connectivity index (χ4v) is 2.41. The van der Waals surface area contributed by atoms with Gasteiger partial charge in [-0.15, -0.1) is 0 Å². The Morgan fingerprint density at radius 3 is 2.48 bits per heavy atom. The van der Waals surface area contributed by atoms with Crippen molar-refractivity contribution in [1.29, 1.82) is 5.26 Å². The molecule has 0 saturated heterocycles. The van der Waals surface area contributed by atoms with Crippen molar-refractivity contribution in [3.8, 4) is 17.4 Å². The molecular weight excluding hydrogens is 346 g/mol. The Morgan fingerprint density at radius 2 is 1.78 bits per heavy atom. The van der Waals surface area contributed by atoms with Crippen molar-refractivity contribution in [3.05, 3.63) is 88.2 Å². The Kier molecular flexibility index (Phi) is 5.10. The average molecular weight is 359 g/mol. The monoisotopic (exact) mass is 359 g/mol. The lowest BCUT2D eigenvalue weighted by atomic mass is 10.2. The van der Waals surface area contributed by atoms with E-state index in [0.717, 1.165) is 5.56 Å². The molecule has 0 saturated carbocycles. The number of benzene rings is 2. The molecule has 2 aromatic carbocycles. The van der Waals surface area contributed by atoms with Gasteiger partial charge in [-0.3, -0.25) is 14.9 Å². The number of para-hydroxylation sites is 2. The minimum atomic E-state index is -0.760. The van der Waals surface area contributed by atoms with Crippen LogP contribution in [0.25, 0.3) is 17.4 Å². The summed E-state index contributed by atoms with van der Waals surface area (Å²) in [7, 11) is 0. The van der Waals surface area contributed by atoms with Gasteiger partial charge in [0.15, 0.2) is 0 Å². The number of hydrogen-bond acceptors (Lipinski definition) is 5. The third-order valence-corrected chi connectivity index (χ3v) is 3.69. The van der Waals surface area contributed by atoms with E-state index in [-0.39, 0.29) is 16.9 Å². The molecule has 0 atom stereocenters. The molecule has 7 nitrogen and oxygen atoms in total. The third kappa shape index (κ3) is 4.08. The second-order valence-corrected chi connectivity index (χ2v) is 5.47. The highest BCUT2D eigenvalue weighted by atomic mass is 16.6. The largest absolute Gasteiger partial charge is 0.457 e. The van der Waals surface area contributed by atoms with Gasteiger partial charge in [-0.1, -0.05) is 42.5 Å². The van der Waals surface area contributed by atoms with E-state index in [2.05, 4.69) is 5.32 Å². The molecule has 1 heterocycles. The zero-order chi connectivity index (χ0) is 19.2. The number of nitro benzene ring substituents is 1. The molecule has 0 unspecified atom stereocenters. The van der Waals surface area contributed by atoms with Crippen molar-refractivity contribution >= 4 is 23.4 Å². The van der Waals surface area contributed by atoms with Crippen LogP contribution < -0.4 is 5.32 Å². The normalized spacial score (nSPS) is 10.9. The van der Waals surface area contributed by atoms with E-state index in [4.69, 9.17) is 4.42 Å². The lowest BCUT2D eigenvalue weighted by Gasteiger charge is -2.04. The summed E-state index contributed by atoms with van der Waals surface area (Å²) in [5, 5.41) is 22.7. The van der Waals surface area contributed by atoms with E-state index >= 15 is 0 Å². The van der Waals surface area contributed by atoms with Crippen LogP contribution in [0, 0.1) is 21.4 Å². The lowest BCUT2D eigenvalue weighted by molar-refractivity contribution is -0.383. The number of furan rings is 1. The van der Waals surface area contributed by atoms with Crippen LogP contribution in [-0.2, 0) is 4.79 Å². The molecule has 0 spiro atoms. The van der Waals surface area contributed by atoms with Crippen molar-refractivity contribution in [3.63, 3.8) is 0 Å². The molecule has 0 aliphatic carbocycles. The van der Waals surface area contributed by atoms with Crippen LogP contribution in [0.1, 0.15) is 5.76 Å². The van der Waals surface area contributed by atoms with E-state index in [1.165, 1.54) is 24.3 Å². The molecule has 1 amide bonds. The maximum atomic E-state index is 12.3. The van der Waals surface area contributed by atoms with Gasteiger partial charge < -0.3 is 9.73 Å². The lowest BCUT2D eigenvalue weighted by Crippen LogP contribution is -2.14. The van der Waals surface area contributed by atoms with E-state index in [0.29, 0.717) is 11.5 Å². The van der Waals surface area contributed by atoms with Crippen molar-refractivity contribution in [1.82, 2.24) is 0 Å². The van der Waals surface area contributed by atoms with Crippen LogP contribution in [0.4, 0.5) is 11.4 Å². The van der Waals surface area contributed by atoms with Crippen molar-refractivity contribution < 1.29 is 14.1 Å². The number of amides is 1. The molecule has 7 heteroatoms. The summed E-state index contributed by atoms with van der Waals surface area (Å²) < 4.78 is 5.65. The van der Waals surface area contributed by atoms with Crippen LogP contribution >= 0.6 is 0 Å². The maximum absolute atomic E-state index is 12.3. The van der Waals surface area contributed by atoms with Crippen molar-refractivity contribution in [2.24, 2.45) is 0 Å². The predicted molar refractivity (Wildman–Crippen MR) is 99.5 cm³/mol. The maximum Gasteiger partial charge on any atom is 0.292 e. The number of carbonyl (C=O) groups excluding carboxylic acids is 1. The highest BCUT2D eigenvalue weighted by Crippen LogP contribution is 2.25. The molecule has 1 aromatic heterocycles. The van der Waals surface area contributed by atoms with Gasteiger partial charge in [0.1, 0.15) is 28.9 Å². The number of carbonyl (C=O) groups is 1. The Balaban J connectivity index is 1.83. The van der Waals surface area contributed by atoms with Gasteiger partial charge in [-0.2, -0.15) is 5.26 Å². The number of nitrogens with one attached hydrogen (secondary N) is 1. The topological polar surface area (TPSA) is 109 Å². The number of hydrogen-bond donors (Lipinski definition) is 1. The summed E-state index contributed by atoms with van der Waals surface area (Å²) in [5.41, 5.74) is 0.382. The van der Waals surface area contributed by atoms with E-state index in [1.807, 2.05) is 30.3 Å². The summed E-state index contributed by atoms with van der Waals surface area (Å²) in [6.45, 7) is 0. The highest BCUT2D eigenvalue weighted by Gasteiger charge is 2.17. The Labute approximate surface area is 154 Å². The average Bonchev–Trinajstić information content (AvgIpc) is 3.15. The molecule has 0 aliphatic rings. The number of nitrogens with zero attached hydrogens (tertiary/aromatic N) is 2. The molecule has 0 aliphatic heterocycles. The predicted octanol–water partition coefficient (Wildman–Crippen LogP) is 4.40. The molecular formula is C20H13N3O4. The first-order valence-electron chi connectivity index (χ1n) is 7.90. The standard InChI is InChI=1S/C20H13N3O4/c21-13-15(20(24)22-17-8-4-5-9-18(17)23(25)26)12-16-10-11-19(27-16)14-6-2-1-3-7-14/h1-12H,(H,22,24)/b15-12-. The van der Waals surface area contributed by atoms with Gasteiger partial charge in [-0.05, 0) is 18.2 Å². The van der Waals surface area contributed by atoms with E-state index in [9.17, 15) is 20.2 Å². The molecule has 0 bridgehead atoms. The minimum Gasteiger partial charge on any atom is -0.457 e. The quantitative estimate of drug-likeness (QED) is 0.314. The fourth-order valence-electron chi connectivity index (χ4n) is 2.41. The number of anilines is 1. The molecule has 0 fully saturated rings. The van der Waals surface area contributed by atoms with Gasteiger partial charge in [0.2, 0.25) is 0 Å². The summed E-state index contributed by atoms with van der Waals surface area (Å²) in [4.78, 5) is 22.8. The first-order valence-corrected chi connectivity index (χ1v) is 7.90. The first-order chi connectivity index (χ1) is 13.1. The van der Waals surface area contributed by atoms with Crippen molar-refractivity contribution in [2.45, 2.75) is 0 Å². The molecule has 27 heavy (non-hydrogen) atoms. The number of nitro groups is 1. The van der Waals surface area contributed by atoms with Crippen LogP contribution in [0.5, 0.6) is 0 Å². The molecule has 1 N–H and O–H groups in total. The highest BCUT2D eigenvalue weighted by molar-refractivity contribution is 6.10. The summed E-state index contributed by atoms with van der Waals surface area (Å²) in [5.74, 6) is 0.158. The summed E-state index contributed by atoms with van der Waals surface area (Å²) in [6.07, 6.45) is 1.29. The number of nitriles is 1. The van der Waals surface area contributed by atoms with Crippen LogP contribution in [0.2, 0.25) is 0 Å². The van der Waals surface area contributed by atoms with Gasteiger partial charge >= 0.3 is 0 Å². The minimum absolute atomic E-state index is 0.0121. The van der Waals surface area contributed by atoms with Gasteiger partial charge in [0.05, 0.1) is 4.92 Å². The molecule has 3 aromatic rings. The third-order valence-electron chi connectivity index (χ3n) is 3.69. The molecule has 0 radical (unpaired) electrons. The number of rotatable bonds is 5. The van der Waals surface area contributed by atoms with Crippen molar-refractivity contribution in [2.75, 3.05) is 5.32 Å². The summed E-state index contributed by atoms with van der Waals surface area (Å²) >= 11 is 0. The Bertz CT molecular complexity index is 1060. The van der Waals surface area contributed by atoms with E-state index < -0.39 is 10.8 Å². The smallest absolute Gasteiger partial charge is 0.292 e. The fraction of sp³-hybridized carbons (Fsp3) is 0. The Hall–Kier alpha value is -4.18. The zero-order valence-corrected chi connectivity index (χ0v) is 14.0. The first kappa shape index (κ1) is 17.6. The summed E-state index contributed by atoms with van der Waals surface area (Å²) in [6, 6.07) is 20.2. The second-order valence-electron chi connectivity index (χ2n) is 5.47. The molecule has 3 rings (SSSR count). The zero-order valence-electron chi connectivity index (χ0n) is 14.0. The van der Waals surface area contributed by atoms with Crippen LogP contribution in [0.3, 0.4) is 0 Å². The second kappa shape index (κ2) is 7.80. The SMILES string of the molecule is N#C/C(=C/c1ccc(-c2ccccc2)o1)C(=O)Nc1ccccc1[N+](=O)[O-]. The van der Waals surface area contributed by atoms with Crippen LogP contribution in [0.15, 0.2) is 76.7 Å². The van der Waals surface area contributed by atoms with Gasteiger partial charge in [0, 0.05) is 17.7 Å². The van der Waals surface area contributed by atoms with Crippen LogP contribution in [-0.4, -0.2) is 10.8 Å². The molecule has 132 valence electrons. The van der Waals surface area contributed by atoms with Gasteiger partial charge in [-0.25, -0.2) is 0 Å².